The lowest BCUT2D eigenvalue weighted by Crippen LogP contribution is -2.04. The molecule has 0 bridgehead atoms. The lowest BCUT2D eigenvalue weighted by Gasteiger charge is -2.15. The van der Waals surface area contributed by atoms with Gasteiger partial charge in [0.1, 0.15) is 4.90 Å². The van der Waals surface area contributed by atoms with Crippen molar-refractivity contribution >= 4 is 43.6 Å². The summed E-state index contributed by atoms with van der Waals surface area (Å²) in [5.41, 5.74) is 4.02. The lowest BCUT2D eigenvalue weighted by atomic mass is 10.1. The third-order valence-corrected chi connectivity index (χ3v) is 5.54. The highest BCUT2D eigenvalue weighted by molar-refractivity contribution is 7.86. The van der Waals surface area contributed by atoms with E-state index in [4.69, 9.17) is 0 Å². The minimum Gasteiger partial charge on any atom is -0.356 e. The van der Waals surface area contributed by atoms with Crippen LogP contribution in [0.2, 0.25) is 0 Å². The fourth-order valence-corrected chi connectivity index (χ4v) is 3.86. The Morgan fingerprint density at radius 2 is 1.38 bits per heavy atom. The largest absolute Gasteiger partial charge is 0.356 e. The molecular weight excluding hydrogens is 384 g/mol. The van der Waals surface area contributed by atoms with E-state index in [1.54, 1.807) is 6.07 Å². The summed E-state index contributed by atoms with van der Waals surface area (Å²) < 4.78 is 33.6. The molecule has 0 atom stereocenters. The molecule has 3 N–H and O–H groups in total. The Morgan fingerprint density at radius 1 is 0.724 bits per heavy atom. The monoisotopic (exact) mass is 404 g/mol. The van der Waals surface area contributed by atoms with Crippen LogP contribution in [0.15, 0.2) is 89.8 Å². The van der Waals surface area contributed by atoms with Gasteiger partial charge in [0, 0.05) is 22.4 Å². The van der Waals surface area contributed by atoms with Crippen molar-refractivity contribution in [2.75, 3.05) is 10.6 Å². The Labute approximate surface area is 169 Å². The molecule has 6 heteroatoms. The molecule has 4 aromatic carbocycles. The molecule has 29 heavy (non-hydrogen) atoms. The molecular formula is C23H20N2O3S. The minimum atomic E-state index is -4.39. The average Bonchev–Trinajstić information content (AvgIpc) is 2.69. The number of benzene rings is 4. The summed E-state index contributed by atoms with van der Waals surface area (Å²) in [6, 6.07) is 26.2. The van der Waals surface area contributed by atoms with E-state index in [2.05, 4.69) is 10.6 Å². The summed E-state index contributed by atoms with van der Waals surface area (Å²) >= 11 is 0. The molecule has 0 radical (unpaired) electrons. The third kappa shape index (κ3) is 4.23. The van der Waals surface area contributed by atoms with E-state index in [0.29, 0.717) is 11.1 Å². The molecule has 0 aliphatic rings. The highest BCUT2D eigenvalue weighted by atomic mass is 32.2. The summed E-state index contributed by atoms with van der Waals surface area (Å²) in [5, 5.41) is 8.02. The molecule has 0 aromatic heterocycles. The number of aryl methyl sites for hydroxylation is 1. The normalized spacial score (nSPS) is 11.4. The molecule has 0 saturated carbocycles. The van der Waals surface area contributed by atoms with E-state index in [0.717, 1.165) is 28.0 Å². The van der Waals surface area contributed by atoms with Crippen LogP contribution >= 0.6 is 0 Å². The van der Waals surface area contributed by atoms with Crippen molar-refractivity contribution in [2.45, 2.75) is 11.8 Å². The summed E-state index contributed by atoms with van der Waals surface area (Å²) in [7, 11) is -4.39. The zero-order chi connectivity index (χ0) is 20.4. The van der Waals surface area contributed by atoms with Crippen molar-refractivity contribution in [1.29, 1.82) is 0 Å². The second-order valence-electron chi connectivity index (χ2n) is 6.83. The van der Waals surface area contributed by atoms with Crippen LogP contribution < -0.4 is 10.6 Å². The quantitative estimate of drug-likeness (QED) is 0.362. The van der Waals surface area contributed by atoms with Crippen LogP contribution in [0.25, 0.3) is 10.8 Å². The van der Waals surface area contributed by atoms with Crippen molar-refractivity contribution < 1.29 is 13.0 Å². The van der Waals surface area contributed by atoms with Gasteiger partial charge in [0.15, 0.2) is 0 Å². The van der Waals surface area contributed by atoms with E-state index in [-0.39, 0.29) is 4.90 Å². The Kier molecular flexibility index (Phi) is 4.96. The molecule has 0 fully saturated rings. The summed E-state index contributed by atoms with van der Waals surface area (Å²) in [5.74, 6) is 0. The fraction of sp³-hybridized carbons (Fsp3) is 0.0435. The van der Waals surface area contributed by atoms with E-state index >= 15 is 0 Å². The van der Waals surface area contributed by atoms with E-state index in [1.807, 2.05) is 79.7 Å². The highest BCUT2D eigenvalue weighted by Gasteiger charge is 2.18. The maximum absolute atomic E-state index is 12.0. The molecule has 0 spiro atoms. The first-order valence-electron chi connectivity index (χ1n) is 9.10. The van der Waals surface area contributed by atoms with Crippen LogP contribution in [0.5, 0.6) is 0 Å². The Morgan fingerprint density at radius 3 is 2.07 bits per heavy atom. The standard InChI is InChI=1S/C23H20N2O3S/c1-16-7-10-19(11-8-16)25-23-21-13-12-20(24-18-5-3-2-4-6-18)15-17(21)9-14-22(23)29(26,27)28/h2-15,24-25H,1H3,(H,26,27,28). The smallest absolute Gasteiger partial charge is 0.296 e. The summed E-state index contributed by atoms with van der Waals surface area (Å²) in [6.45, 7) is 1.98. The number of para-hydroxylation sites is 1. The first-order valence-corrected chi connectivity index (χ1v) is 10.5. The maximum atomic E-state index is 12.0. The van der Waals surface area contributed by atoms with Gasteiger partial charge >= 0.3 is 0 Å². The van der Waals surface area contributed by atoms with Crippen molar-refractivity contribution in [3.05, 3.63) is 90.5 Å². The first kappa shape index (κ1) is 19.0. The van der Waals surface area contributed by atoms with E-state index < -0.39 is 10.1 Å². The first-order chi connectivity index (χ1) is 13.9. The van der Waals surface area contributed by atoms with Gasteiger partial charge in [-0.25, -0.2) is 0 Å². The lowest BCUT2D eigenvalue weighted by molar-refractivity contribution is 0.483. The van der Waals surface area contributed by atoms with Gasteiger partial charge in [-0.3, -0.25) is 4.55 Å². The van der Waals surface area contributed by atoms with Crippen LogP contribution in [0.3, 0.4) is 0 Å². The predicted octanol–water partition coefficient (Wildman–Crippen LogP) is 5.88. The zero-order valence-electron chi connectivity index (χ0n) is 15.8. The summed E-state index contributed by atoms with van der Waals surface area (Å²) in [6.07, 6.45) is 0. The molecule has 0 saturated heterocycles. The van der Waals surface area contributed by atoms with Crippen LogP contribution in [0.4, 0.5) is 22.7 Å². The Hall–Kier alpha value is -3.35. The van der Waals surface area contributed by atoms with Crippen molar-refractivity contribution in [1.82, 2.24) is 0 Å². The SMILES string of the molecule is Cc1ccc(Nc2c(S(=O)(=O)O)ccc3cc(Nc4ccccc4)ccc23)cc1. The molecule has 0 amide bonds. The number of nitrogens with one attached hydrogen (secondary N) is 2. The average molecular weight is 404 g/mol. The van der Waals surface area contributed by atoms with Gasteiger partial charge in [0.05, 0.1) is 5.69 Å². The zero-order valence-corrected chi connectivity index (χ0v) is 16.6. The van der Waals surface area contributed by atoms with Gasteiger partial charge in [-0.15, -0.1) is 0 Å². The predicted molar refractivity (Wildman–Crippen MR) is 118 cm³/mol. The van der Waals surface area contributed by atoms with Crippen molar-refractivity contribution in [3.8, 4) is 0 Å². The molecule has 0 unspecified atom stereocenters. The van der Waals surface area contributed by atoms with E-state index in [9.17, 15) is 13.0 Å². The minimum absolute atomic E-state index is 0.158. The topological polar surface area (TPSA) is 78.4 Å². The van der Waals surface area contributed by atoms with Gasteiger partial charge in [-0.05, 0) is 54.8 Å². The van der Waals surface area contributed by atoms with Crippen LogP contribution in [0, 0.1) is 6.92 Å². The van der Waals surface area contributed by atoms with Gasteiger partial charge in [-0.1, -0.05) is 48.0 Å². The second kappa shape index (κ2) is 7.58. The number of anilines is 4. The number of fused-ring (bicyclic) bond motifs is 1. The van der Waals surface area contributed by atoms with Crippen LogP contribution in [-0.4, -0.2) is 13.0 Å². The maximum Gasteiger partial charge on any atom is 0.296 e. The number of rotatable bonds is 5. The molecule has 0 aliphatic heterocycles. The molecule has 4 rings (SSSR count). The fourth-order valence-electron chi connectivity index (χ4n) is 3.20. The van der Waals surface area contributed by atoms with Gasteiger partial charge in [0.2, 0.25) is 0 Å². The highest BCUT2D eigenvalue weighted by Crippen LogP contribution is 2.35. The van der Waals surface area contributed by atoms with Crippen molar-refractivity contribution in [3.63, 3.8) is 0 Å². The van der Waals surface area contributed by atoms with Gasteiger partial charge in [-0.2, -0.15) is 8.42 Å². The Bertz CT molecular complexity index is 1270. The Balaban J connectivity index is 1.80. The summed E-state index contributed by atoms with van der Waals surface area (Å²) in [4.78, 5) is -0.158. The molecule has 0 aliphatic carbocycles. The molecule has 4 aromatic rings. The van der Waals surface area contributed by atoms with Gasteiger partial charge < -0.3 is 10.6 Å². The van der Waals surface area contributed by atoms with E-state index in [1.165, 1.54) is 6.07 Å². The molecule has 146 valence electrons. The van der Waals surface area contributed by atoms with Crippen LogP contribution in [-0.2, 0) is 10.1 Å². The number of hydrogen-bond donors (Lipinski definition) is 3. The van der Waals surface area contributed by atoms with Gasteiger partial charge in [0.25, 0.3) is 10.1 Å². The number of hydrogen-bond acceptors (Lipinski definition) is 4. The van der Waals surface area contributed by atoms with Crippen molar-refractivity contribution in [2.24, 2.45) is 0 Å². The molecule has 0 heterocycles. The molecule has 5 nitrogen and oxygen atoms in total. The second-order valence-corrected chi connectivity index (χ2v) is 8.22. The third-order valence-electron chi connectivity index (χ3n) is 4.64. The van der Waals surface area contributed by atoms with Crippen LogP contribution in [0.1, 0.15) is 5.56 Å².